The molecule has 8 heteroatoms. The van der Waals surface area contributed by atoms with Crippen LogP contribution >= 0.6 is 11.3 Å². The van der Waals surface area contributed by atoms with Crippen molar-refractivity contribution in [2.45, 2.75) is 39.5 Å². The van der Waals surface area contributed by atoms with Crippen molar-refractivity contribution < 1.29 is 4.79 Å². The number of carbonyl (C=O) groups is 1. The zero-order chi connectivity index (χ0) is 16.8. The number of nitrogens with one attached hydrogen (secondary N) is 2. The topological polar surface area (TPSA) is 92.2 Å². The van der Waals surface area contributed by atoms with Gasteiger partial charge in [-0.25, -0.2) is 4.98 Å². The molecule has 0 saturated heterocycles. The van der Waals surface area contributed by atoms with Crippen LogP contribution in [0.15, 0.2) is 10.2 Å². The van der Waals surface area contributed by atoms with Gasteiger partial charge in [-0.15, -0.1) is 11.3 Å². The maximum absolute atomic E-state index is 12.7. The van der Waals surface area contributed by atoms with E-state index in [2.05, 4.69) is 25.8 Å². The lowest BCUT2D eigenvalue weighted by Gasteiger charge is -2.13. The second kappa shape index (κ2) is 5.55. The summed E-state index contributed by atoms with van der Waals surface area (Å²) < 4.78 is 1.25. The lowest BCUT2D eigenvalue weighted by Crippen LogP contribution is -2.25. The van der Waals surface area contributed by atoms with E-state index in [4.69, 9.17) is 0 Å². The van der Waals surface area contributed by atoms with Crippen LogP contribution in [0.25, 0.3) is 5.78 Å². The number of hydrogen-bond acceptors (Lipinski definition) is 5. The molecule has 0 bridgehead atoms. The second-order valence-corrected chi connectivity index (χ2v) is 6.93. The first-order valence-corrected chi connectivity index (χ1v) is 8.79. The summed E-state index contributed by atoms with van der Waals surface area (Å²) in [4.78, 5) is 34.4. The van der Waals surface area contributed by atoms with E-state index in [9.17, 15) is 9.59 Å². The number of carbonyl (C=O) groups excluding carboxylic acids is 1. The average molecular weight is 343 g/mol. The van der Waals surface area contributed by atoms with Crippen molar-refractivity contribution in [3.05, 3.63) is 43.3 Å². The molecule has 2 N–H and O–H groups in total. The molecule has 0 saturated carbocycles. The summed E-state index contributed by atoms with van der Waals surface area (Å²) in [6, 6.07) is 0. The van der Waals surface area contributed by atoms with Gasteiger partial charge < -0.3 is 5.32 Å². The summed E-state index contributed by atoms with van der Waals surface area (Å²) >= 11 is 1.45. The van der Waals surface area contributed by atoms with Gasteiger partial charge in [0.15, 0.2) is 0 Å². The molecular formula is C16H17N5O2S. The lowest BCUT2D eigenvalue weighted by molar-refractivity contribution is 0.102. The number of amides is 1. The van der Waals surface area contributed by atoms with Gasteiger partial charge in [-0.05, 0) is 56.0 Å². The largest absolute Gasteiger partial charge is 0.315 e. The van der Waals surface area contributed by atoms with Crippen LogP contribution in [-0.4, -0.2) is 25.5 Å². The van der Waals surface area contributed by atoms with Gasteiger partial charge in [0, 0.05) is 0 Å². The highest BCUT2D eigenvalue weighted by atomic mass is 32.1. The van der Waals surface area contributed by atoms with Gasteiger partial charge in [-0.1, -0.05) is 0 Å². The van der Waals surface area contributed by atoms with E-state index < -0.39 is 0 Å². The zero-order valence-corrected chi connectivity index (χ0v) is 14.3. The molecule has 124 valence electrons. The predicted molar refractivity (Wildman–Crippen MR) is 92.0 cm³/mol. The Hall–Kier alpha value is -2.48. The Kier molecular flexibility index (Phi) is 3.49. The number of fused-ring (bicyclic) bond motifs is 2. The van der Waals surface area contributed by atoms with E-state index >= 15 is 0 Å². The Bertz CT molecular complexity index is 1010. The summed E-state index contributed by atoms with van der Waals surface area (Å²) in [6.07, 6.45) is 4.23. The van der Waals surface area contributed by atoms with E-state index in [-0.39, 0.29) is 17.2 Å². The summed E-state index contributed by atoms with van der Waals surface area (Å²) in [7, 11) is 0. The van der Waals surface area contributed by atoms with Gasteiger partial charge in [-0.2, -0.15) is 9.50 Å². The molecule has 0 fully saturated rings. The number of anilines is 1. The molecule has 1 aliphatic rings. The number of aryl methyl sites for hydroxylation is 3. The first-order chi connectivity index (χ1) is 11.5. The first-order valence-electron chi connectivity index (χ1n) is 7.91. The Morgan fingerprint density at radius 2 is 2.08 bits per heavy atom. The minimum atomic E-state index is -0.350. The first kappa shape index (κ1) is 15.1. The van der Waals surface area contributed by atoms with Gasteiger partial charge in [0.25, 0.3) is 17.2 Å². The van der Waals surface area contributed by atoms with Crippen molar-refractivity contribution in [2.24, 2.45) is 0 Å². The van der Waals surface area contributed by atoms with Gasteiger partial charge in [0.2, 0.25) is 0 Å². The number of hydrogen-bond donors (Lipinski definition) is 2. The van der Waals surface area contributed by atoms with E-state index in [1.807, 2.05) is 0 Å². The second-order valence-electron chi connectivity index (χ2n) is 6.05. The Morgan fingerprint density at radius 1 is 1.29 bits per heavy atom. The Morgan fingerprint density at radius 3 is 2.92 bits per heavy atom. The van der Waals surface area contributed by atoms with Crippen LogP contribution in [-0.2, 0) is 12.8 Å². The SMILES string of the molecule is Cc1nc2nc(C)c(NC(=O)c3scc4c3CCCC4)c(=O)n2[nH]1. The van der Waals surface area contributed by atoms with Crippen LogP contribution in [0, 0.1) is 13.8 Å². The summed E-state index contributed by atoms with van der Waals surface area (Å²) in [5, 5.41) is 7.65. The highest BCUT2D eigenvalue weighted by Gasteiger charge is 2.22. The lowest BCUT2D eigenvalue weighted by atomic mass is 9.94. The van der Waals surface area contributed by atoms with Gasteiger partial charge in [-0.3, -0.25) is 14.7 Å². The smallest absolute Gasteiger partial charge is 0.298 e. The third kappa shape index (κ3) is 2.34. The van der Waals surface area contributed by atoms with E-state index in [0.717, 1.165) is 24.8 Å². The number of aromatic nitrogens is 4. The molecule has 7 nitrogen and oxygen atoms in total. The molecule has 4 rings (SSSR count). The molecule has 0 aromatic carbocycles. The molecule has 0 radical (unpaired) electrons. The van der Waals surface area contributed by atoms with Crippen LogP contribution in [0.1, 0.15) is 45.2 Å². The number of aromatic amines is 1. The highest BCUT2D eigenvalue weighted by Crippen LogP contribution is 2.30. The molecule has 24 heavy (non-hydrogen) atoms. The van der Waals surface area contributed by atoms with Crippen molar-refractivity contribution in [1.29, 1.82) is 0 Å². The normalized spacial score (nSPS) is 13.9. The maximum Gasteiger partial charge on any atom is 0.298 e. The van der Waals surface area contributed by atoms with Crippen LogP contribution in [0.4, 0.5) is 5.69 Å². The van der Waals surface area contributed by atoms with Crippen molar-refractivity contribution in [3.8, 4) is 0 Å². The number of nitrogens with zero attached hydrogens (tertiary/aromatic N) is 3. The summed E-state index contributed by atoms with van der Waals surface area (Å²) in [6.45, 7) is 3.45. The van der Waals surface area contributed by atoms with Crippen LogP contribution < -0.4 is 10.9 Å². The van der Waals surface area contributed by atoms with E-state index in [1.54, 1.807) is 13.8 Å². The van der Waals surface area contributed by atoms with Gasteiger partial charge in [0.05, 0.1) is 10.6 Å². The van der Waals surface area contributed by atoms with Crippen molar-refractivity contribution in [3.63, 3.8) is 0 Å². The molecule has 1 aliphatic carbocycles. The van der Waals surface area contributed by atoms with Crippen molar-refractivity contribution in [2.75, 3.05) is 5.32 Å². The number of H-pyrrole nitrogens is 1. The molecule has 3 aromatic heterocycles. The molecule has 1 amide bonds. The van der Waals surface area contributed by atoms with Crippen LogP contribution in [0.3, 0.4) is 0 Å². The quantitative estimate of drug-likeness (QED) is 0.746. The molecule has 3 heterocycles. The van der Waals surface area contributed by atoms with Crippen molar-refractivity contribution >= 4 is 28.7 Å². The average Bonchev–Trinajstić information content (AvgIpc) is 3.14. The molecule has 0 aliphatic heterocycles. The fraction of sp³-hybridized carbons (Fsp3) is 0.375. The third-order valence-corrected chi connectivity index (χ3v) is 5.41. The minimum absolute atomic E-state index is 0.194. The predicted octanol–water partition coefficient (Wildman–Crippen LogP) is 2.23. The number of rotatable bonds is 2. The van der Waals surface area contributed by atoms with Gasteiger partial charge >= 0.3 is 0 Å². The van der Waals surface area contributed by atoms with Crippen LogP contribution in [0.5, 0.6) is 0 Å². The molecule has 0 spiro atoms. The van der Waals surface area contributed by atoms with Crippen molar-refractivity contribution in [1.82, 2.24) is 19.6 Å². The van der Waals surface area contributed by atoms with Crippen LogP contribution in [0.2, 0.25) is 0 Å². The van der Waals surface area contributed by atoms with E-state index in [0.29, 0.717) is 22.2 Å². The highest BCUT2D eigenvalue weighted by molar-refractivity contribution is 7.12. The molecule has 0 unspecified atom stereocenters. The van der Waals surface area contributed by atoms with E-state index in [1.165, 1.54) is 27.8 Å². The maximum atomic E-state index is 12.7. The number of thiophene rings is 1. The fourth-order valence-electron chi connectivity index (χ4n) is 3.15. The molecule has 3 aromatic rings. The molecule has 0 atom stereocenters. The zero-order valence-electron chi connectivity index (χ0n) is 13.5. The Balaban J connectivity index is 1.73. The Labute approximate surface area is 141 Å². The summed E-state index contributed by atoms with van der Waals surface area (Å²) in [5.74, 6) is 0.664. The van der Waals surface area contributed by atoms with Gasteiger partial charge in [0.1, 0.15) is 11.5 Å². The third-order valence-electron chi connectivity index (χ3n) is 4.34. The molecular weight excluding hydrogens is 326 g/mol. The fourth-order valence-corrected chi connectivity index (χ4v) is 4.20. The minimum Gasteiger partial charge on any atom is -0.315 e. The monoisotopic (exact) mass is 343 g/mol. The summed E-state index contributed by atoms with van der Waals surface area (Å²) in [5.41, 5.74) is 2.71. The standard InChI is InChI=1S/C16H17N5O2S/c1-8-12(15(23)21-16(17-8)18-9(2)20-21)19-14(22)13-11-6-4-3-5-10(11)7-24-13/h7H,3-6H2,1-2H3,(H,19,22)(H,17,18,20).